The predicted molar refractivity (Wildman–Crippen MR) is 70.7 cm³/mol. The zero-order valence-corrected chi connectivity index (χ0v) is 11.4. The largest absolute Gasteiger partial charge is 0.396 e. The Kier molecular flexibility index (Phi) is 5.15. The summed E-state index contributed by atoms with van der Waals surface area (Å²) in [4.78, 5) is 11.8. The molecule has 0 aliphatic heterocycles. The van der Waals surface area contributed by atoms with E-state index >= 15 is 0 Å². The summed E-state index contributed by atoms with van der Waals surface area (Å²) >= 11 is 0. The van der Waals surface area contributed by atoms with Crippen LogP contribution in [0.25, 0.3) is 0 Å². The number of carbonyl (C=O) groups is 1. The molecule has 0 spiro atoms. The molecule has 0 saturated carbocycles. The van der Waals surface area contributed by atoms with Crippen molar-refractivity contribution in [3.8, 4) is 0 Å². The van der Waals surface area contributed by atoms with Crippen molar-refractivity contribution in [3.05, 3.63) is 11.4 Å². The first-order valence-electron chi connectivity index (χ1n) is 6.22. The predicted octanol–water partition coefficient (Wildman–Crippen LogP) is 1.41. The lowest BCUT2D eigenvalue weighted by atomic mass is 10.2. The van der Waals surface area contributed by atoms with Crippen LogP contribution in [0.5, 0.6) is 0 Å². The molecule has 0 saturated heterocycles. The molecule has 6 heteroatoms. The van der Waals surface area contributed by atoms with E-state index in [1.54, 1.807) is 0 Å². The van der Waals surface area contributed by atoms with Crippen LogP contribution in [0.3, 0.4) is 0 Å². The number of aromatic nitrogens is 2. The summed E-state index contributed by atoms with van der Waals surface area (Å²) in [5.41, 5.74) is 2.50. The van der Waals surface area contributed by atoms with E-state index in [0.29, 0.717) is 6.42 Å². The van der Waals surface area contributed by atoms with E-state index in [9.17, 15) is 4.79 Å². The molecule has 1 heterocycles. The molecule has 0 fully saturated rings. The highest BCUT2D eigenvalue weighted by atomic mass is 16.3. The molecule has 102 valence electrons. The van der Waals surface area contributed by atoms with Gasteiger partial charge >= 0.3 is 6.03 Å². The maximum absolute atomic E-state index is 11.8. The highest BCUT2D eigenvalue weighted by Gasteiger charge is 2.14. The number of carbonyl (C=O) groups excluding carboxylic acids is 1. The fourth-order valence-corrected chi connectivity index (χ4v) is 1.82. The van der Waals surface area contributed by atoms with Gasteiger partial charge in [0, 0.05) is 19.2 Å². The highest BCUT2D eigenvalue weighted by Crippen LogP contribution is 2.18. The molecular formula is C12H22N4O2. The first kappa shape index (κ1) is 14.5. The van der Waals surface area contributed by atoms with Crippen LogP contribution in [-0.4, -0.2) is 33.6 Å². The van der Waals surface area contributed by atoms with Crippen molar-refractivity contribution >= 4 is 11.7 Å². The van der Waals surface area contributed by atoms with Crippen LogP contribution in [0, 0.1) is 13.8 Å². The first-order valence-corrected chi connectivity index (χ1v) is 6.22. The number of hydrogen-bond donors (Lipinski definition) is 3. The molecule has 1 unspecified atom stereocenters. The molecule has 0 aliphatic rings. The molecule has 1 aromatic heterocycles. The average molecular weight is 254 g/mol. The topological polar surface area (TPSA) is 79.2 Å². The molecule has 1 aromatic rings. The van der Waals surface area contributed by atoms with Gasteiger partial charge in [0.05, 0.1) is 17.1 Å². The first-order chi connectivity index (χ1) is 8.49. The Morgan fingerprint density at radius 3 is 2.67 bits per heavy atom. The zero-order valence-electron chi connectivity index (χ0n) is 11.4. The summed E-state index contributed by atoms with van der Waals surface area (Å²) in [6.45, 7) is 8.49. The Hall–Kier alpha value is -1.56. The summed E-state index contributed by atoms with van der Waals surface area (Å²) in [5.74, 6) is 0. The van der Waals surface area contributed by atoms with Gasteiger partial charge < -0.3 is 15.7 Å². The number of aryl methyl sites for hydroxylation is 2. The number of hydrogen-bond acceptors (Lipinski definition) is 3. The minimum atomic E-state index is -0.266. The lowest BCUT2D eigenvalue weighted by Gasteiger charge is -2.13. The zero-order chi connectivity index (χ0) is 13.7. The van der Waals surface area contributed by atoms with E-state index in [0.717, 1.165) is 23.6 Å². The van der Waals surface area contributed by atoms with E-state index in [1.807, 2.05) is 32.4 Å². The number of urea groups is 1. The van der Waals surface area contributed by atoms with Crippen LogP contribution >= 0.6 is 0 Å². The van der Waals surface area contributed by atoms with Crippen LogP contribution in [-0.2, 0) is 6.54 Å². The van der Waals surface area contributed by atoms with Gasteiger partial charge in [-0.05, 0) is 34.1 Å². The van der Waals surface area contributed by atoms with Gasteiger partial charge in [0.1, 0.15) is 0 Å². The van der Waals surface area contributed by atoms with Crippen molar-refractivity contribution in [1.29, 1.82) is 0 Å². The SMILES string of the molecule is CCn1nc(C)c(NC(=O)NC(C)CCO)c1C. The van der Waals surface area contributed by atoms with E-state index in [-0.39, 0.29) is 18.7 Å². The molecule has 0 radical (unpaired) electrons. The lowest BCUT2D eigenvalue weighted by Crippen LogP contribution is -2.36. The summed E-state index contributed by atoms with van der Waals surface area (Å²) < 4.78 is 1.85. The summed E-state index contributed by atoms with van der Waals surface area (Å²) in [6.07, 6.45) is 0.541. The molecule has 2 amide bonds. The van der Waals surface area contributed by atoms with Crippen molar-refractivity contribution in [2.45, 2.75) is 46.7 Å². The Morgan fingerprint density at radius 2 is 2.17 bits per heavy atom. The van der Waals surface area contributed by atoms with E-state index < -0.39 is 0 Å². The molecule has 6 nitrogen and oxygen atoms in total. The second kappa shape index (κ2) is 6.39. The molecule has 1 atom stereocenters. The third-order valence-electron chi connectivity index (χ3n) is 2.86. The standard InChI is InChI=1S/C12H22N4O2/c1-5-16-10(4)11(9(3)15-16)14-12(18)13-8(2)6-7-17/h8,17H,5-7H2,1-4H3,(H2,13,14,18). The summed E-state index contributed by atoms with van der Waals surface area (Å²) in [7, 11) is 0. The normalized spacial score (nSPS) is 12.3. The molecule has 3 N–H and O–H groups in total. The Bertz CT molecular complexity index is 414. The monoisotopic (exact) mass is 254 g/mol. The minimum Gasteiger partial charge on any atom is -0.396 e. The van der Waals surface area contributed by atoms with Gasteiger partial charge in [0.2, 0.25) is 0 Å². The summed E-state index contributed by atoms with van der Waals surface area (Å²) in [5, 5.41) is 18.7. The van der Waals surface area contributed by atoms with E-state index in [1.165, 1.54) is 0 Å². The van der Waals surface area contributed by atoms with Crippen molar-refractivity contribution in [2.75, 3.05) is 11.9 Å². The molecule has 18 heavy (non-hydrogen) atoms. The van der Waals surface area contributed by atoms with Gasteiger partial charge in [0.25, 0.3) is 0 Å². The number of anilines is 1. The fraction of sp³-hybridized carbons (Fsp3) is 0.667. The molecule has 0 aliphatic carbocycles. The van der Waals surface area contributed by atoms with Gasteiger partial charge in [-0.1, -0.05) is 0 Å². The number of aliphatic hydroxyl groups is 1. The maximum Gasteiger partial charge on any atom is 0.319 e. The van der Waals surface area contributed by atoms with Crippen molar-refractivity contribution in [3.63, 3.8) is 0 Å². The third-order valence-corrected chi connectivity index (χ3v) is 2.86. The van der Waals surface area contributed by atoms with E-state index in [4.69, 9.17) is 5.11 Å². The molecule has 0 bridgehead atoms. The molecule has 1 rings (SSSR count). The lowest BCUT2D eigenvalue weighted by molar-refractivity contribution is 0.241. The van der Waals surface area contributed by atoms with Gasteiger partial charge in [-0.25, -0.2) is 4.79 Å². The maximum atomic E-state index is 11.8. The summed E-state index contributed by atoms with van der Waals surface area (Å²) in [6, 6.07) is -0.324. The number of nitrogens with zero attached hydrogens (tertiary/aromatic N) is 2. The van der Waals surface area contributed by atoms with Gasteiger partial charge in [0.15, 0.2) is 0 Å². The number of rotatable bonds is 5. The molecular weight excluding hydrogens is 232 g/mol. The second-order valence-electron chi connectivity index (χ2n) is 4.37. The van der Waals surface area contributed by atoms with E-state index in [2.05, 4.69) is 15.7 Å². The van der Waals surface area contributed by atoms with Crippen molar-refractivity contribution < 1.29 is 9.90 Å². The van der Waals surface area contributed by atoms with Crippen LogP contribution in [0.1, 0.15) is 31.7 Å². The van der Waals surface area contributed by atoms with Crippen molar-refractivity contribution in [1.82, 2.24) is 15.1 Å². The number of aliphatic hydroxyl groups excluding tert-OH is 1. The number of nitrogens with one attached hydrogen (secondary N) is 2. The second-order valence-corrected chi connectivity index (χ2v) is 4.37. The van der Waals surface area contributed by atoms with Crippen molar-refractivity contribution in [2.24, 2.45) is 0 Å². The van der Waals surface area contributed by atoms with Crippen LogP contribution < -0.4 is 10.6 Å². The Balaban J connectivity index is 2.67. The Morgan fingerprint density at radius 1 is 1.50 bits per heavy atom. The molecule has 0 aromatic carbocycles. The van der Waals surface area contributed by atoms with Crippen LogP contribution in [0.15, 0.2) is 0 Å². The Labute approximate surface area is 107 Å². The average Bonchev–Trinajstić information content (AvgIpc) is 2.56. The smallest absolute Gasteiger partial charge is 0.319 e. The minimum absolute atomic E-state index is 0.0585. The fourth-order valence-electron chi connectivity index (χ4n) is 1.82. The number of amides is 2. The quantitative estimate of drug-likeness (QED) is 0.743. The van der Waals surface area contributed by atoms with Gasteiger partial charge in [-0.2, -0.15) is 5.10 Å². The van der Waals surface area contributed by atoms with Crippen LogP contribution in [0.4, 0.5) is 10.5 Å². The van der Waals surface area contributed by atoms with Gasteiger partial charge in [-0.3, -0.25) is 4.68 Å². The highest BCUT2D eigenvalue weighted by molar-refractivity contribution is 5.90. The third kappa shape index (κ3) is 3.46. The van der Waals surface area contributed by atoms with Gasteiger partial charge in [-0.15, -0.1) is 0 Å². The van der Waals surface area contributed by atoms with Crippen LogP contribution in [0.2, 0.25) is 0 Å².